The van der Waals surface area contributed by atoms with Gasteiger partial charge in [-0.2, -0.15) is 0 Å². The van der Waals surface area contributed by atoms with E-state index in [0.29, 0.717) is 5.76 Å². The van der Waals surface area contributed by atoms with Crippen molar-refractivity contribution in [1.29, 1.82) is 0 Å². The van der Waals surface area contributed by atoms with Crippen LogP contribution >= 0.6 is 0 Å². The molecular formula is C15H22N2O4. The number of aryl methyl sites for hydroxylation is 1. The van der Waals surface area contributed by atoms with Crippen molar-refractivity contribution < 1.29 is 13.9 Å². The Morgan fingerprint density at radius 2 is 2.00 bits per heavy atom. The van der Waals surface area contributed by atoms with Crippen LogP contribution in [0.15, 0.2) is 21.3 Å². The van der Waals surface area contributed by atoms with Gasteiger partial charge in [0.15, 0.2) is 11.2 Å². The average molecular weight is 294 g/mol. The van der Waals surface area contributed by atoms with Gasteiger partial charge in [-0.25, -0.2) is 0 Å². The zero-order valence-electron chi connectivity index (χ0n) is 12.8. The molecule has 2 heterocycles. The first-order valence-electron chi connectivity index (χ1n) is 7.10. The lowest BCUT2D eigenvalue weighted by molar-refractivity contribution is 0.0267. The third kappa shape index (κ3) is 4.68. The second-order valence-corrected chi connectivity index (χ2v) is 5.99. The summed E-state index contributed by atoms with van der Waals surface area (Å²) in [6.45, 7) is 9.43. The maximum atomic E-state index is 12.2. The quantitative estimate of drug-likeness (QED) is 0.889. The Bertz CT molecular complexity index is 559. The van der Waals surface area contributed by atoms with Crippen molar-refractivity contribution in [1.82, 2.24) is 10.2 Å². The lowest BCUT2D eigenvalue weighted by Crippen LogP contribution is -2.53. The predicted molar refractivity (Wildman–Crippen MR) is 78.5 cm³/mol. The second kappa shape index (κ2) is 6.41. The van der Waals surface area contributed by atoms with Crippen molar-refractivity contribution in [2.75, 3.05) is 32.8 Å². The van der Waals surface area contributed by atoms with Crippen LogP contribution < -0.4 is 10.7 Å². The van der Waals surface area contributed by atoms with Crippen LogP contribution in [0, 0.1) is 6.92 Å². The van der Waals surface area contributed by atoms with Crippen LogP contribution in [0.3, 0.4) is 0 Å². The number of hydrogen-bond acceptors (Lipinski definition) is 5. The van der Waals surface area contributed by atoms with E-state index in [1.165, 1.54) is 12.1 Å². The molecule has 1 aromatic heterocycles. The number of hydrogen-bond donors (Lipinski definition) is 1. The first-order valence-corrected chi connectivity index (χ1v) is 7.10. The Balaban J connectivity index is 2.01. The molecular weight excluding hydrogens is 272 g/mol. The standard InChI is InChI=1S/C15H22N2O4/c1-11-8-12(18)9-13(21-11)14(19)16-15(2,3)10-17-4-6-20-7-5-17/h8-9H,4-7,10H2,1-3H3,(H,16,19). The van der Waals surface area contributed by atoms with Gasteiger partial charge >= 0.3 is 0 Å². The number of nitrogens with zero attached hydrogens (tertiary/aromatic N) is 1. The van der Waals surface area contributed by atoms with Gasteiger partial charge in [0.2, 0.25) is 0 Å². The van der Waals surface area contributed by atoms with Gasteiger partial charge in [-0.3, -0.25) is 14.5 Å². The van der Waals surface area contributed by atoms with Gasteiger partial charge in [0.05, 0.1) is 13.2 Å². The van der Waals surface area contributed by atoms with Gasteiger partial charge < -0.3 is 14.5 Å². The predicted octanol–water partition coefficient (Wildman–Crippen LogP) is 0.789. The summed E-state index contributed by atoms with van der Waals surface area (Å²) in [6.07, 6.45) is 0. The first kappa shape index (κ1) is 15.7. The fourth-order valence-electron chi connectivity index (χ4n) is 2.44. The minimum atomic E-state index is -0.420. The van der Waals surface area contributed by atoms with Gasteiger partial charge in [-0.05, 0) is 20.8 Å². The van der Waals surface area contributed by atoms with Crippen molar-refractivity contribution >= 4 is 5.91 Å². The molecule has 6 nitrogen and oxygen atoms in total. The van der Waals surface area contributed by atoms with E-state index in [1.807, 2.05) is 13.8 Å². The molecule has 1 aliphatic heterocycles. The zero-order valence-corrected chi connectivity index (χ0v) is 12.8. The maximum absolute atomic E-state index is 12.2. The van der Waals surface area contributed by atoms with Gasteiger partial charge in [0, 0.05) is 37.3 Å². The number of carbonyl (C=O) groups is 1. The molecule has 0 spiro atoms. The molecule has 1 saturated heterocycles. The van der Waals surface area contributed by atoms with Crippen LogP contribution in [0.2, 0.25) is 0 Å². The Kier molecular flexibility index (Phi) is 4.80. The van der Waals surface area contributed by atoms with Gasteiger partial charge in [-0.1, -0.05) is 0 Å². The van der Waals surface area contributed by atoms with Crippen molar-refractivity contribution in [3.8, 4) is 0 Å². The summed E-state index contributed by atoms with van der Waals surface area (Å²) in [7, 11) is 0. The third-order valence-corrected chi connectivity index (χ3v) is 3.29. The van der Waals surface area contributed by atoms with Crippen molar-refractivity contribution in [2.24, 2.45) is 0 Å². The minimum Gasteiger partial charge on any atom is -0.456 e. The maximum Gasteiger partial charge on any atom is 0.287 e. The highest BCUT2D eigenvalue weighted by atomic mass is 16.5. The Hall–Kier alpha value is -1.66. The van der Waals surface area contributed by atoms with Crippen LogP contribution in [-0.4, -0.2) is 49.2 Å². The van der Waals surface area contributed by atoms with Crippen LogP contribution in [0.4, 0.5) is 0 Å². The molecule has 1 N–H and O–H groups in total. The molecule has 0 atom stereocenters. The molecule has 0 saturated carbocycles. The summed E-state index contributed by atoms with van der Waals surface area (Å²) in [5, 5.41) is 2.92. The number of nitrogens with one attached hydrogen (secondary N) is 1. The number of carbonyl (C=O) groups excluding carboxylic acids is 1. The molecule has 0 bridgehead atoms. The summed E-state index contributed by atoms with van der Waals surface area (Å²) < 4.78 is 10.6. The van der Waals surface area contributed by atoms with Gasteiger partial charge in [0.25, 0.3) is 5.91 Å². The molecule has 0 unspecified atom stereocenters. The summed E-state index contributed by atoms with van der Waals surface area (Å²) >= 11 is 0. The second-order valence-electron chi connectivity index (χ2n) is 5.99. The fourth-order valence-corrected chi connectivity index (χ4v) is 2.44. The van der Waals surface area contributed by atoms with Gasteiger partial charge in [0.1, 0.15) is 5.76 Å². The van der Waals surface area contributed by atoms with E-state index in [1.54, 1.807) is 6.92 Å². The molecule has 0 radical (unpaired) electrons. The van der Waals surface area contributed by atoms with Crippen LogP contribution in [0.25, 0.3) is 0 Å². The lowest BCUT2D eigenvalue weighted by atomic mass is 10.0. The lowest BCUT2D eigenvalue weighted by Gasteiger charge is -2.35. The average Bonchev–Trinajstić information content (AvgIpc) is 2.37. The van der Waals surface area contributed by atoms with E-state index in [-0.39, 0.29) is 17.1 Å². The highest BCUT2D eigenvalue weighted by Crippen LogP contribution is 2.10. The molecule has 21 heavy (non-hydrogen) atoms. The first-order chi connectivity index (χ1) is 9.85. The van der Waals surface area contributed by atoms with E-state index < -0.39 is 5.54 Å². The molecule has 1 aliphatic rings. The number of amides is 1. The Morgan fingerprint density at radius 1 is 1.33 bits per heavy atom. The summed E-state index contributed by atoms with van der Waals surface area (Å²) in [6, 6.07) is 2.57. The largest absolute Gasteiger partial charge is 0.456 e. The summed E-state index contributed by atoms with van der Waals surface area (Å²) in [5.74, 6) is 0.114. The van der Waals surface area contributed by atoms with E-state index in [0.717, 1.165) is 32.8 Å². The van der Waals surface area contributed by atoms with E-state index in [2.05, 4.69) is 10.2 Å². The Morgan fingerprint density at radius 3 is 2.62 bits per heavy atom. The van der Waals surface area contributed by atoms with E-state index in [9.17, 15) is 9.59 Å². The Labute approximate surface area is 124 Å². The van der Waals surface area contributed by atoms with E-state index in [4.69, 9.17) is 9.15 Å². The smallest absolute Gasteiger partial charge is 0.287 e. The molecule has 1 aromatic rings. The summed E-state index contributed by atoms with van der Waals surface area (Å²) in [4.78, 5) is 25.9. The molecule has 0 aromatic carbocycles. The minimum absolute atomic E-state index is 0.0510. The number of rotatable bonds is 4. The number of ether oxygens (including phenoxy) is 1. The normalized spacial score (nSPS) is 16.7. The van der Waals surface area contributed by atoms with Crippen LogP contribution in [-0.2, 0) is 4.74 Å². The van der Waals surface area contributed by atoms with Crippen molar-refractivity contribution in [2.45, 2.75) is 26.3 Å². The summed E-state index contributed by atoms with van der Waals surface area (Å²) in [5.41, 5.74) is -0.647. The monoisotopic (exact) mass is 294 g/mol. The topological polar surface area (TPSA) is 71.8 Å². The van der Waals surface area contributed by atoms with Crippen molar-refractivity contribution in [3.05, 3.63) is 33.9 Å². The van der Waals surface area contributed by atoms with Gasteiger partial charge in [-0.15, -0.1) is 0 Å². The highest BCUT2D eigenvalue weighted by molar-refractivity contribution is 5.91. The number of morpholine rings is 1. The molecule has 0 aliphatic carbocycles. The SMILES string of the molecule is Cc1cc(=O)cc(C(=O)NC(C)(C)CN2CCOCC2)o1. The molecule has 1 fully saturated rings. The van der Waals surface area contributed by atoms with E-state index >= 15 is 0 Å². The van der Waals surface area contributed by atoms with Crippen molar-refractivity contribution in [3.63, 3.8) is 0 Å². The molecule has 1 amide bonds. The third-order valence-electron chi connectivity index (χ3n) is 3.29. The molecule has 116 valence electrons. The zero-order chi connectivity index (χ0) is 15.5. The van der Waals surface area contributed by atoms with Crippen LogP contribution in [0.1, 0.15) is 30.2 Å². The fraction of sp³-hybridized carbons (Fsp3) is 0.600. The molecule has 6 heteroatoms. The van der Waals surface area contributed by atoms with Crippen LogP contribution in [0.5, 0.6) is 0 Å². The highest BCUT2D eigenvalue weighted by Gasteiger charge is 2.26. The molecule has 2 rings (SSSR count).